The first-order valence-electron chi connectivity index (χ1n) is 8.39. The number of carbonyl (C=O) groups is 3. The topological polar surface area (TPSA) is 84.5 Å². The van der Waals surface area contributed by atoms with Crippen LogP contribution in [0.25, 0.3) is 0 Å². The zero-order chi connectivity index (χ0) is 20.0. The Morgan fingerprint density at radius 3 is 1.78 bits per heavy atom. The molecule has 0 unspecified atom stereocenters. The van der Waals surface area contributed by atoms with Crippen molar-refractivity contribution in [2.24, 2.45) is 5.41 Å². The summed E-state index contributed by atoms with van der Waals surface area (Å²) in [7, 11) is 0. The van der Waals surface area contributed by atoms with E-state index in [1.807, 2.05) is 0 Å². The number of ether oxygens (including phenoxy) is 1. The van der Waals surface area contributed by atoms with Crippen molar-refractivity contribution in [3.8, 4) is 0 Å². The lowest BCUT2D eigenvalue weighted by atomic mass is 9.90. The van der Waals surface area contributed by atoms with Gasteiger partial charge in [0.2, 0.25) is 11.8 Å². The summed E-state index contributed by atoms with van der Waals surface area (Å²) in [6.45, 7) is 5.07. The molecular weight excluding hydrogens is 368 g/mol. The SMILES string of the molecule is CCOC(=O)c1ccc(NC(=O)C(C)(C)C(=O)Nc2ccc(Cl)cc2)cc1. The van der Waals surface area contributed by atoms with Gasteiger partial charge in [0, 0.05) is 16.4 Å². The van der Waals surface area contributed by atoms with Gasteiger partial charge < -0.3 is 15.4 Å². The van der Waals surface area contributed by atoms with Crippen molar-refractivity contribution in [3.63, 3.8) is 0 Å². The molecule has 0 radical (unpaired) electrons. The average Bonchev–Trinajstić information content (AvgIpc) is 2.64. The van der Waals surface area contributed by atoms with Gasteiger partial charge in [0.05, 0.1) is 12.2 Å². The highest BCUT2D eigenvalue weighted by Crippen LogP contribution is 2.22. The van der Waals surface area contributed by atoms with Crippen molar-refractivity contribution in [1.82, 2.24) is 0 Å². The van der Waals surface area contributed by atoms with E-state index in [-0.39, 0.29) is 6.61 Å². The molecule has 0 saturated heterocycles. The van der Waals surface area contributed by atoms with Gasteiger partial charge in [-0.3, -0.25) is 9.59 Å². The standard InChI is InChI=1S/C20H21ClN2O4/c1-4-27-17(24)13-5-9-15(10-6-13)22-18(25)20(2,3)19(26)23-16-11-7-14(21)8-12-16/h5-12H,4H2,1-3H3,(H,22,25)(H,23,26). The number of carbonyl (C=O) groups excluding carboxylic acids is 3. The van der Waals surface area contributed by atoms with E-state index >= 15 is 0 Å². The smallest absolute Gasteiger partial charge is 0.338 e. The molecule has 7 heteroatoms. The summed E-state index contributed by atoms with van der Waals surface area (Å²) in [5.74, 6) is -1.36. The number of hydrogen-bond donors (Lipinski definition) is 2. The van der Waals surface area contributed by atoms with Gasteiger partial charge >= 0.3 is 5.97 Å². The summed E-state index contributed by atoms with van der Waals surface area (Å²) in [4.78, 5) is 36.7. The predicted molar refractivity (Wildman–Crippen MR) is 105 cm³/mol. The van der Waals surface area contributed by atoms with E-state index in [2.05, 4.69) is 10.6 Å². The third kappa shape index (κ3) is 5.31. The van der Waals surface area contributed by atoms with Crippen molar-refractivity contribution >= 4 is 40.8 Å². The van der Waals surface area contributed by atoms with Crippen molar-refractivity contribution < 1.29 is 19.1 Å². The van der Waals surface area contributed by atoms with Crippen LogP contribution >= 0.6 is 11.6 Å². The number of anilines is 2. The van der Waals surface area contributed by atoms with Crippen LogP contribution < -0.4 is 10.6 Å². The molecule has 0 fully saturated rings. The third-order valence-corrected chi connectivity index (χ3v) is 4.14. The van der Waals surface area contributed by atoms with Gasteiger partial charge in [-0.15, -0.1) is 0 Å². The normalized spacial score (nSPS) is 10.8. The molecule has 0 heterocycles. The summed E-state index contributed by atoms with van der Waals surface area (Å²) < 4.78 is 4.91. The van der Waals surface area contributed by atoms with E-state index in [1.165, 1.54) is 13.8 Å². The molecular formula is C20H21ClN2O4. The van der Waals surface area contributed by atoms with Crippen LogP contribution in [0.1, 0.15) is 31.1 Å². The summed E-state index contributed by atoms with van der Waals surface area (Å²) in [6, 6.07) is 12.9. The molecule has 2 N–H and O–H groups in total. The maximum Gasteiger partial charge on any atom is 0.338 e. The average molecular weight is 389 g/mol. The number of halogens is 1. The summed E-state index contributed by atoms with van der Waals surface area (Å²) in [5, 5.41) is 5.93. The van der Waals surface area contributed by atoms with Crippen molar-refractivity contribution in [1.29, 1.82) is 0 Å². The van der Waals surface area contributed by atoms with Crippen LogP contribution in [0, 0.1) is 5.41 Å². The summed E-state index contributed by atoms with van der Waals surface area (Å²) >= 11 is 5.82. The first kappa shape index (κ1) is 20.5. The molecule has 0 aliphatic carbocycles. The number of hydrogen-bond acceptors (Lipinski definition) is 4. The number of rotatable bonds is 6. The summed E-state index contributed by atoms with van der Waals surface area (Å²) in [5.41, 5.74) is 0.0819. The monoisotopic (exact) mass is 388 g/mol. The van der Waals surface area contributed by atoms with Gasteiger partial charge in [-0.1, -0.05) is 11.6 Å². The minimum atomic E-state index is -1.32. The van der Waals surface area contributed by atoms with Crippen LogP contribution in [-0.4, -0.2) is 24.4 Å². The second-order valence-corrected chi connectivity index (χ2v) is 6.77. The number of esters is 1. The molecule has 0 atom stereocenters. The highest BCUT2D eigenvalue weighted by atomic mass is 35.5. The zero-order valence-electron chi connectivity index (χ0n) is 15.3. The van der Waals surface area contributed by atoms with Gasteiger partial charge in [-0.25, -0.2) is 4.79 Å². The summed E-state index contributed by atoms with van der Waals surface area (Å²) in [6.07, 6.45) is 0. The fourth-order valence-electron chi connectivity index (χ4n) is 2.12. The van der Waals surface area contributed by atoms with E-state index in [0.717, 1.165) is 0 Å². The zero-order valence-corrected chi connectivity index (χ0v) is 16.1. The molecule has 0 aromatic heterocycles. The van der Waals surface area contributed by atoms with Crippen LogP contribution in [0.3, 0.4) is 0 Å². The minimum Gasteiger partial charge on any atom is -0.462 e. The maximum absolute atomic E-state index is 12.6. The molecule has 6 nitrogen and oxygen atoms in total. The van der Waals surface area contributed by atoms with E-state index in [1.54, 1.807) is 55.5 Å². The molecule has 27 heavy (non-hydrogen) atoms. The lowest BCUT2D eigenvalue weighted by Gasteiger charge is -2.22. The predicted octanol–water partition coefficient (Wildman–Crippen LogP) is 4.12. The highest BCUT2D eigenvalue weighted by Gasteiger charge is 2.36. The third-order valence-electron chi connectivity index (χ3n) is 3.89. The number of nitrogens with one attached hydrogen (secondary N) is 2. The largest absolute Gasteiger partial charge is 0.462 e. The lowest BCUT2D eigenvalue weighted by Crippen LogP contribution is -2.41. The molecule has 0 aliphatic heterocycles. The Balaban J connectivity index is 2.03. The fraction of sp³-hybridized carbons (Fsp3) is 0.250. The second kappa shape index (κ2) is 8.68. The van der Waals surface area contributed by atoms with Crippen LogP contribution in [-0.2, 0) is 14.3 Å². The van der Waals surface area contributed by atoms with E-state index in [0.29, 0.717) is 22.0 Å². The van der Waals surface area contributed by atoms with Crippen molar-refractivity contribution in [3.05, 3.63) is 59.1 Å². The molecule has 2 rings (SSSR count). The lowest BCUT2D eigenvalue weighted by molar-refractivity contribution is -0.135. The van der Waals surface area contributed by atoms with E-state index in [9.17, 15) is 14.4 Å². The van der Waals surface area contributed by atoms with E-state index in [4.69, 9.17) is 16.3 Å². The number of amides is 2. The second-order valence-electron chi connectivity index (χ2n) is 6.34. The van der Waals surface area contributed by atoms with Crippen molar-refractivity contribution in [2.45, 2.75) is 20.8 Å². The molecule has 0 bridgehead atoms. The first-order valence-corrected chi connectivity index (χ1v) is 8.77. The van der Waals surface area contributed by atoms with Gasteiger partial charge in [-0.2, -0.15) is 0 Å². The fourth-order valence-corrected chi connectivity index (χ4v) is 2.24. The number of benzene rings is 2. The molecule has 2 aromatic carbocycles. The Kier molecular flexibility index (Phi) is 6.58. The van der Waals surface area contributed by atoms with Crippen LogP contribution in [0.15, 0.2) is 48.5 Å². The van der Waals surface area contributed by atoms with Crippen molar-refractivity contribution in [2.75, 3.05) is 17.2 Å². The maximum atomic E-state index is 12.6. The van der Waals surface area contributed by atoms with Crippen LogP contribution in [0.2, 0.25) is 5.02 Å². The minimum absolute atomic E-state index is 0.286. The molecule has 0 aliphatic rings. The molecule has 2 amide bonds. The highest BCUT2D eigenvalue weighted by molar-refractivity contribution is 6.30. The quantitative estimate of drug-likeness (QED) is 0.575. The molecule has 142 valence electrons. The molecule has 2 aromatic rings. The Morgan fingerprint density at radius 2 is 1.33 bits per heavy atom. The van der Waals surface area contributed by atoms with E-state index < -0.39 is 23.2 Å². The Labute approximate surface area is 162 Å². The van der Waals surface area contributed by atoms with Gasteiger partial charge in [0.15, 0.2) is 0 Å². The molecule has 0 spiro atoms. The first-order chi connectivity index (χ1) is 12.7. The Hall–Kier alpha value is -2.86. The van der Waals surface area contributed by atoms with Crippen LogP contribution in [0.4, 0.5) is 11.4 Å². The molecule has 0 saturated carbocycles. The Bertz CT molecular complexity index is 830. The van der Waals surface area contributed by atoms with Gasteiger partial charge in [0.25, 0.3) is 0 Å². The van der Waals surface area contributed by atoms with Crippen LogP contribution in [0.5, 0.6) is 0 Å². The Morgan fingerprint density at radius 1 is 0.889 bits per heavy atom. The van der Waals surface area contributed by atoms with Gasteiger partial charge in [0.1, 0.15) is 5.41 Å². The van der Waals surface area contributed by atoms with Gasteiger partial charge in [-0.05, 0) is 69.3 Å².